The summed E-state index contributed by atoms with van der Waals surface area (Å²) < 4.78 is 0. The summed E-state index contributed by atoms with van der Waals surface area (Å²) in [5, 5.41) is 9.13. The summed E-state index contributed by atoms with van der Waals surface area (Å²) >= 11 is 0. The number of anilines is 1. The molecule has 0 saturated heterocycles. The van der Waals surface area contributed by atoms with Crippen molar-refractivity contribution in [2.24, 2.45) is 5.92 Å². The van der Waals surface area contributed by atoms with E-state index in [1.54, 1.807) is 37.5 Å². The summed E-state index contributed by atoms with van der Waals surface area (Å²) in [6.07, 6.45) is 4.61. The van der Waals surface area contributed by atoms with Crippen LogP contribution in [0.2, 0.25) is 0 Å². The molecule has 0 fully saturated rings. The minimum Gasteiger partial charge on any atom is -0.481 e. The summed E-state index contributed by atoms with van der Waals surface area (Å²) in [4.78, 5) is 33.4. The highest BCUT2D eigenvalue weighted by molar-refractivity contribution is 6.06. The molecule has 0 aliphatic heterocycles. The van der Waals surface area contributed by atoms with Crippen molar-refractivity contribution in [3.8, 4) is 0 Å². The molecule has 1 N–H and O–H groups in total. The van der Waals surface area contributed by atoms with E-state index in [4.69, 9.17) is 5.11 Å². The second-order valence-corrected chi connectivity index (χ2v) is 5.04. The number of carboxylic acids is 1. The maximum atomic E-state index is 12.7. The molecule has 6 heteroatoms. The van der Waals surface area contributed by atoms with E-state index in [0.29, 0.717) is 11.4 Å². The average molecular weight is 299 g/mol. The Labute approximate surface area is 128 Å². The highest BCUT2D eigenvalue weighted by Gasteiger charge is 2.25. The molecule has 114 valence electrons. The third kappa shape index (κ3) is 3.46. The van der Waals surface area contributed by atoms with Crippen LogP contribution in [0.5, 0.6) is 0 Å². The van der Waals surface area contributed by atoms with E-state index < -0.39 is 11.9 Å². The molecule has 2 aromatic rings. The van der Waals surface area contributed by atoms with Gasteiger partial charge in [0.25, 0.3) is 5.91 Å². The summed E-state index contributed by atoms with van der Waals surface area (Å²) in [7, 11) is 0. The number of carbonyl (C=O) groups excluding carboxylic acids is 1. The standard InChI is InChI=1S/C16H17N3O3/c1-11-5-3-8-18-14(11)19(10-12(2)16(21)22)15(20)13-6-4-7-17-9-13/h3-9,12H,10H2,1-2H3,(H,21,22). The Kier molecular flexibility index (Phi) is 4.83. The normalized spacial score (nSPS) is 11.7. The number of hydrogen-bond acceptors (Lipinski definition) is 4. The van der Waals surface area contributed by atoms with E-state index >= 15 is 0 Å². The first-order valence-corrected chi connectivity index (χ1v) is 6.87. The number of rotatable bonds is 5. The summed E-state index contributed by atoms with van der Waals surface area (Å²) in [5.41, 5.74) is 1.20. The van der Waals surface area contributed by atoms with Gasteiger partial charge < -0.3 is 5.11 Å². The van der Waals surface area contributed by atoms with Gasteiger partial charge in [0.2, 0.25) is 0 Å². The van der Waals surface area contributed by atoms with Crippen LogP contribution in [0.1, 0.15) is 22.8 Å². The fourth-order valence-electron chi connectivity index (χ4n) is 2.02. The number of carbonyl (C=O) groups is 2. The number of nitrogens with zero attached hydrogens (tertiary/aromatic N) is 3. The summed E-state index contributed by atoms with van der Waals surface area (Å²) in [6, 6.07) is 6.91. The number of aromatic nitrogens is 2. The molecule has 2 aromatic heterocycles. The van der Waals surface area contributed by atoms with E-state index in [-0.39, 0.29) is 12.5 Å². The topological polar surface area (TPSA) is 83.4 Å². The monoisotopic (exact) mass is 299 g/mol. The third-order valence-corrected chi connectivity index (χ3v) is 3.27. The van der Waals surface area contributed by atoms with Crippen LogP contribution in [0.4, 0.5) is 5.82 Å². The van der Waals surface area contributed by atoms with Crippen LogP contribution in [0, 0.1) is 12.8 Å². The molecule has 1 unspecified atom stereocenters. The van der Waals surface area contributed by atoms with Crippen molar-refractivity contribution in [2.45, 2.75) is 13.8 Å². The molecular formula is C16H17N3O3. The lowest BCUT2D eigenvalue weighted by Gasteiger charge is -2.25. The van der Waals surface area contributed by atoms with Crippen LogP contribution >= 0.6 is 0 Å². The maximum absolute atomic E-state index is 12.7. The van der Waals surface area contributed by atoms with Gasteiger partial charge in [-0.1, -0.05) is 13.0 Å². The molecule has 0 aromatic carbocycles. The predicted molar refractivity (Wildman–Crippen MR) is 81.7 cm³/mol. The van der Waals surface area contributed by atoms with Crippen molar-refractivity contribution < 1.29 is 14.7 Å². The van der Waals surface area contributed by atoms with Gasteiger partial charge in [-0.2, -0.15) is 0 Å². The molecular weight excluding hydrogens is 282 g/mol. The van der Waals surface area contributed by atoms with Crippen molar-refractivity contribution in [1.29, 1.82) is 0 Å². The third-order valence-electron chi connectivity index (χ3n) is 3.27. The fraction of sp³-hybridized carbons (Fsp3) is 0.250. The molecule has 2 rings (SSSR count). The number of amides is 1. The van der Waals surface area contributed by atoms with Crippen molar-refractivity contribution in [2.75, 3.05) is 11.4 Å². The molecule has 22 heavy (non-hydrogen) atoms. The lowest BCUT2D eigenvalue weighted by molar-refractivity contribution is -0.140. The zero-order chi connectivity index (χ0) is 16.1. The molecule has 1 atom stereocenters. The number of hydrogen-bond donors (Lipinski definition) is 1. The van der Waals surface area contributed by atoms with Crippen LogP contribution in [-0.4, -0.2) is 33.5 Å². The van der Waals surface area contributed by atoms with Crippen LogP contribution in [0.15, 0.2) is 42.9 Å². The molecule has 0 spiro atoms. The second-order valence-electron chi connectivity index (χ2n) is 5.04. The first kappa shape index (κ1) is 15.6. The molecule has 1 amide bonds. The number of pyridine rings is 2. The van der Waals surface area contributed by atoms with Crippen LogP contribution in [0.25, 0.3) is 0 Å². The quantitative estimate of drug-likeness (QED) is 0.914. The Morgan fingerprint density at radius 3 is 2.59 bits per heavy atom. The highest BCUT2D eigenvalue weighted by Crippen LogP contribution is 2.20. The number of aryl methyl sites for hydroxylation is 1. The second kappa shape index (κ2) is 6.80. The zero-order valence-electron chi connectivity index (χ0n) is 12.4. The van der Waals surface area contributed by atoms with Gasteiger partial charge in [-0.25, -0.2) is 4.98 Å². The maximum Gasteiger partial charge on any atom is 0.308 e. The van der Waals surface area contributed by atoms with E-state index in [2.05, 4.69) is 9.97 Å². The van der Waals surface area contributed by atoms with Gasteiger partial charge in [0.1, 0.15) is 5.82 Å². The molecule has 6 nitrogen and oxygen atoms in total. The van der Waals surface area contributed by atoms with Crippen LogP contribution in [-0.2, 0) is 4.79 Å². The van der Waals surface area contributed by atoms with Crippen molar-refractivity contribution in [1.82, 2.24) is 9.97 Å². The van der Waals surface area contributed by atoms with E-state index in [9.17, 15) is 9.59 Å². The van der Waals surface area contributed by atoms with E-state index in [0.717, 1.165) is 5.56 Å². The number of aliphatic carboxylic acids is 1. The van der Waals surface area contributed by atoms with Crippen LogP contribution < -0.4 is 4.90 Å². The molecule has 0 aliphatic rings. The Balaban J connectivity index is 2.40. The largest absolute Gasteiger partial charge is 0.481 e. The van der Waals surface area contributed by atoms with Gasteiger partial charge in [0.05, 0.1) is 11.5 Å². The summed E-state index contributed by atoms with van der Waals surface area (Å²) in [5.74, 6) is -1.52. The first-order chi connectivity index (χ1) is 10.5. The molecule has 0 radical (unpaired) electrons. The summed E-state index contributed by atoms with van der Waals surface area (Å²) in [6.45, 7) is 3.43. The zero-order valence-corrected chi connectivity index (χ0v) is 12.4. The van der Waals surface area contributed by atoms with Crippen molar-refractivity contribution in [3.63, 3.8) is 0 Å². The van der Waals surface area contributed by atoms with Crippen LogP contribution in [0.3, 0.4) is 0 Å². The Morgan fingerprint density at radius 1 is 1.27 bits per heavy atom. The van der Waals surface area contributed by atoms with Crippen molar-refractivity contribution in [3.05, 3.63) is 54.0 Å². The van der Waals surface area contributed by atoms with Gasteiger partial charge in [-0.3, -0.25) is 19.5 Å². The molecule has 0 aliphatic carbocycles. The lowest BCUT2D eigenvalue weighted by atomic mass is 10.1. The SMILES string of the molecule is Cc1cccnc1N(CC(C)C(=O)O)C(=O)c1cccnc1. The molecule has 0 saturated carbocycles. The highest BCUT2D eigenvalue weighted by atomic mass is 16.4. The van der Waals surface area contributed by atoms with E-state index in [1.807, 2.05) is 13.0 Å². The van der Waals surface area contributed by atoms with Gasteiger partial charge in [-0.05, 0) is 30.7 Å². The van der Waals surface area contributed by atoms with Gasteiger partial charge in [0.15, 0.2) is 0 Å². The van der Waals surface area contributed by atoms with Gasteiger partial charge >= 0.3 is 5.97 Å². The molecule has 0 bridgehead atoms. The van der Waals surface area contributed by atoms with Gasteiger partial charge in [0, 0.05) is 25.1 Å². The predicted octanol–water partition coefficient (Wildman–Crippen LogP) is 2.15. The minimum absolute atomic E-state index is 0.0426. The van der Waals surface area contributed by atoms with Gasteiger partial charge in [-0.15, -0.1) is 0 Å². The Hall–Kier alpha value is -2.76. The van der Waals surface area contributed by atoms with Crippen molar-refractivity contribution >= 4 is 17.7 Å². The number of carboxylic acid groups (broad SMARTS) is 1. The Morgan fingerprint density at radius 2 is 2.00 bits per heavy atom. The first-order valence-electron chi connectivity index (χ1n) is 6.87. The van der Waals surface area contributed by atoms with E-state index in [1.165, 1.54) is 11.1 Å². The lowest BCUT2D eigenvalue weighted by Crippen LogP contribution is -2.38. The smallest absolute Gasteiger partial charge is 0.308 e. The molecule has 2 heterocycles. The fourth-order valence-corrected chi connectivity index (χ4v) is 2.02. The Bertz CT molecular complexity index is 673. The minimum atomic E-state index is -0.961. The average Bonchev–Trinajstić information content (AvgIpc) is 2.53.